The normalized spacial score (nSPS) is 26.7. The van der Waals surface area contributed by atoms with Gasteiger partial charge in [0.15, 0.2) is 23.6 Å². The van der Waals surface area contributed by atoms with Gasteiger partial charge in [-0.25, -0.2) is 19.5 Å². The van der Waals surface area contributed by atoms with E-state index in [2.05, 4.69) is 35.2 Å². The Morgan fingerprint density at radius 1 is 1.21 bits per heavy atom. The number of fused-ring (bicyclic) bond motifs is 1. The molecule has 47 heavy (non-hydrogen) atoms. The van der Waals surface area contributed by atoms with Crippen LogP contribution in [0.4, 0.5) is 10.3 Å². The highest BCUT2D eigenvalue weighted by atomic mass is 31.2. The van der Waals surface area contributed by atoms with Crippen molar-refractivity contribution in [3.63, 3.8) is 0 Å². The highest BCUT2D eigenvalue weighted by Gasteiger charge is 2.57. The number of nitrogens with one attached hydrogen (secondary N) is 3. The molecule has 2 aromatic rings. The van der Waals surface area contributed by atoms with Gasteiger partial charge in [0, 0.05) is 4.91 Å². The number of imidazole rings is 1. The highest BCUT2D eigenvalue weighted by molar-refractivity contribution is 7.54. The van der Waals surface area contributed by atoms with Gasteiger partial charge in [0.25, 0.3) is 5.56 Å². The topological polar surface area (TPSA) is 271 Å². The average Bonchev–Trinajstić information content (AvgIpc) is 3.83. The Kier molecular flexibility index (Phi) is 10.5. The van der Waals surface area contributed by atoms with Crippen LogP contribution in [0.15, 0.2) is 16.2 Å². The number of hydrogen-bond donors (Lipinski definition) is 5. The molecular formula is C26H38FN10O9P. The summed E-state index contributed by atoms with van der Waals surface area (Å²) < 4.78 is 53.3. The second kappa shape index (κ2) is 14.2. The summed E-state index contributed by atoms with van der Waals surface area (Å²) in [6.45, 7) is 1.71. The van der Waals surface area contributed by atoms with Crippen LogP contribution in [0.25, 0.3) is 21.6 Å². The first-order chi connectivity index (χ1) is 22.3. The van der Waals surface area contributed by atoms with E-state index in [1.54, 1.807) is 0 Å². The fourth-order valence-electron chi connectivity index (χ4n) is 5.85. The first-order valence-corrected chi connectivity index (χ1v) is 17.0. The van der Waals surface area contributed by atoms with Crippen LogP contribution in [-0.4, -0.2) is 85.5 Å². The standard InChI is InChI=1S/C26H38FN10O9P/c1-13(23(40)44-15-7-3-4-8-15)33-47(42,34-14(2)24(41)45-16-9-5-6-10-16)43-11-26(35-36-29)19(38)17(27)22(46-26)37-12-30-18-20(37)31-25(28)32-21(18)39/h12-17,19,22,38H,3-11H2,1-2H3,(H2,33,34,42)(H3,28,31,32,39)/t13-,14-,17+,19-,22+,26+/m0/s1. The van der Waals surface area contributed by atoms with Crippen LogP contribution in [0, 0.1) is 0 Å². The fourth-order valence-corrected chi connectivity index (χ4v) is 7.67. The van der Waals surface area contributed by atoms with E-state index in [-0.39, 0.29) is 29.3 Å². The molecule has 0 unspecified atom stereocenters. The maximum Gasteiger partial charge on any atom is 0.342 e. The van der Waals surface area contributed by atoms with Crippen LogP contribution in [0.1, 0.15) is 71.4 Å². The number of nitrogen functional groups attached to an aromatic ring is 1. The number of halogens is 1. The van der Waals surface area contributed by atoms with Gasteiger partial charge in [-0.05, 0) is 70.7 Å². The predicted octanol–water partition coefficient (Wildman–Crippen LogP) is 1.99. The number of nitrogens with zero attached hydrogens (tertiary/aromatic N) is 6. The minimum atomic E-state index is -4.52. The second-order valence-electron chi connectivity index (χ2n) is 11.9. The summed E-state index contributed by atoms with van der Waals surface area (Å²) in [6, 6.07) is -2.46. The third-order valence-electron chi connectivity index (χ3n) is 8.36. The fraction of sp³-hybridized carbons (Fsp3) is 0.731. The molecule has 0 spiro atoms. The first-order valence-electron chi connectivity index (χ1n) is 15.3. The zero-order valence-electron chi connectivity index (χ0n) is 25.8. The molecule has 6 N–H and O–H groups in total. The highest BCUT2D eigenvalue weighted by Crippen LogP contribution is 2.46. The van der Waals surface area contributed by atoms with Gasteiger partial charge in [0.2, 0.25) is 11.7 Å². The second-order valence-corrected chi connectivity index (χ2v) is 13.8. The molecule has 3 fully saturated rings. The number of aromatic nitrogens is 4. The van der Waals surface area contributed by atoms with Gasteiger partial charge >= 0.3 is 19.6 Å². The minimum absolute atomic E-state index is 0.193. The van der Waals surface area contributed by atoms with Crippen LogP contribution in [0.5, 0.6) is 0 Å². The van der Waals surface area contributed by atoms with Crippen LogP contribution in [-0.2, 0) is 32.9 Å². The minimum Gasteiger partial charge on any atom is -0.461 e. The molecule has 258 valence electrons. The SMILES string of the molecule is C[C@H](NP(=O)(N[C@@H](C)C(=O)OC1CCCC1)OC[C@@]1(N=[N+]=[N-])O[C@@H](n2cnc3c(=O)[nH]c(N)nc32)[C@H](F)[C@@H]1O)C(=O)OC1CCCC1. The molecule has 3 aliphatic rings. The molecule has 2 aromatic heterocycles. The Hall–Kier alpha value is -3.64. The lowest BCUT2D eigenvalue weighted by atomic mass is 10.1. The molecule has 0 radical (unpaired) electrons. The van der Waals surface area contributed by atoms with E-state index in [1.165, 1.54) is 13.8 Å². The Bertz CT molecular complexity index is 1580. The molecule has 2 aliphatic carbocycles. The summed E-state index contributed by atoms with van der Waals surface area (Å²) in [5.41, 5.74) is 11.3. The molecule has 2 saturated carbocycles. The third kappa shape index (κ3) is 7.59. The van der Waals surface area contributed by atoms with Gasteiger partial charge in [-0.15, -0.1) is 0 Å². The Labute approximate surface area is 267 Å². The smallest absolute Gasteiger partial charge is 0.342 e. The maximum atomic E-state index is 15.7. The molecular weight excluding hydrogens is 646 g/mol. The molecule has 1 saturated heterocycles. The summed E-state index contributed by atoms with van der Waals surface area (Å²) in [5, 5.41) is 19.5. The lowest BCUT2D eigenvalue weighted by Gasteiger charge is -2.31. The quantitative estimate of drug-likeness (QED) is 0.0664. The number of carbonyl (C=O) groups is 2. The van der Waals surface area contributed by atoms with E-state index in [0.29, 0.717) is 25.7 Å². The number of anilines is 1. The molecule has 5 rings (SSSR count). The number of nitrogens with two attached hydrogens (primary N) is 1. The lowest BCUT2D eigenvalue weighted by molar-refractivity contribution is -0.150. The monoisotopic (exact) mass is 684 g/mol. The number of azide groups is 1. The summed E-state index contributed by atoms with van der Waals surface area (Å²) in [5.74, 6) is -1.77. The largest absolute Gasteiger partial charge is 0.461 e. The molecule has 6 atom stereocenters. The van der Waals surface area contributed by atoms with Gasteiger partial charge in [0.05, 0.1) is 12.9 Å². The Balaban J connectivity index is 1.38. The number of esters is 2. The van der Waals surface area contributed by atoms with Crippen molar-refractivity contribution in [3.05, 3.63) is 27.1 Å². The Morgan fingerprint density at radius 3 is 2.30 bits per heavy atom. The molecule has 0 bridgehead atoms. The van der Waals surface area contributed by atoms with Crippen LogP contribution in [0.2, 0.25) is 0 Å². The average molecular weight is 685 g/mol. The van der Waals surface area contributed by atoms with Crippen LogP contribution in [0.3, 0.4) is 0 Å². The lowest BCUT2D eigenvalue weighted by Crippen LogP contribution is -2.47. The van der Waals surface area contributed by atoms with E-state index in [4.69, 9.17) is 24.5 Å². The van der Waals surface area contributed by atoms with Gasteiger partial charge in [-0.3, -0.25) is 28.5 Å². The van der Waals surface area contributed by atoms with Crippen molar-refractivity contribution in [1.29, 1.82) is 0 Å². The van der Waals surface area contributed by atoms with Gasteiger partial charge < -0.3 is 29.6 Å². The molecule has 1 aliphatic heterocycles. The number of aliphatic hydroxyl groups excluding tert-OH is 1. The summed E-state index contributed by atoms with van der Waals surface area (Å²) in [4.78, 5) is 50.8. The number of H-pyrrole nitrogens is 1. The van der Waals surface area contributed by atoms with Crippen molar-refractivity contribution in [2.75, 3.05) is 12.3 Å². The van der Waals surface area contributed by atoms with Crippen molar-refractivity contribution in [1.82, 2.24) is 29.7 Å². The molecule has 0 aromatic carbocycles. The maximum absolute atomic E-state index is 15.7. The number of rotatable bonds is 13. The summed E-state index contributed by atoms with van der Waals surface area (Å²) in [7, 11) is -4.52. The zero-order chi connectivity index (χ0) is 33.9. The van der Waals surface area contributed by atoms with Gasteiger partial charge in [0.1, 0.15) is 30.4 Å². The van der Waals surface area contributed by atoms with Crippen molar-refractivity contribution in [2.45, 2.75) is 114 Å². The van der Waals surface area contributed by atoms with Crippen LogP contribution < -0.4 is 21.5 Å². The molecule has 0 amide bonds. The Morgan fingerprint density at radius 2 is 1.77 bits per heavy atom. The van der Waals surface area contributed by atoms with E-state index < -0.39 is 68.1 Å². The number of alkyl halides is 1. The van der Waals surface area contributed by atoms with E-state index in [0.717, 1.165) is 36.6 Å². The van der Waals surface area contributed by atoms with Crippen molar-refractivity contribution in [3.8, 4) is 0 Å². The van der Waals surface area contributed by atoms with Crippen molar-refractivity contribution in [2.24, 2.45) is 5.11 Å². The van der Waals surface area contributed by atoms with Crippen LogP contribution >= 0.6 is 7.67 Å². The van der Waals surface area contributed by atoms with E-state index >= 15 is 4.39 Å². The number of hydrogen-bond acceptors (Lipinski definition) is 13. The zero-order valence-corrected chi connectivity index (χ0v) is 26.7. The van der Waals surface area contributed by atoms with Gasteiger partial charge in [-0.1, -0.05) is 5.11 Å². The van der Waals surface area contributed by atoms with Crippen molar-refractivity contribution >= 4 is 36.7 Å². The number of carbonyl (C=O) groups excluding carboxylic acids is 2. The number of aromatic amines is 1. The van der Waals surface area contributed by atoms with Gasteiger partial charge in [-0.2, -0.15) is 4.98 Å². The molecule has 19 nitrogen and oxygen atoms in total. The number of ether oxygens (including phenoxy) is 3. The molecule has 21 heteroatoms. The molecule has 3 heterocycles. The van der Waals surface area contributed by atoms with E-state index in [1.807, 2.05) is 0 Å². The predicted molar refractivity (Wildman–Crippen MR) is 161 cm³/mol. The number of aliphatic hydroxyl groups is 1. The summed E-state index contributed by atoms with van der Waals surface area (Å²) in [6.07, 6.45) is 0.496. The van der Waals surface area contributed by atoms with E-state index in [9.17, 15) is 29.6 Å². The third-order valence-corrected chi connectivity index (χ3v) is 10.3. The summed E-state index contributed by atoms with van der Waals surface area (Å²) >= 11 is 0. The first kappa shape index (κ1) is 34.7. The van der Waals surface area contributed by atoms with Crippen molar-refractivity contribution < 1.29 is 42.4 Å².